The summed E-state index contributed by atoms with van der Waals surface area (Å²) in [5.74, 6) is 0. The minimum Gasteiger partial charge on any atom is -0.355 e. The Morgan fingerprint density at radius 3 is 2.42 bits per heavy atom. The standard InChI is InChI=1S/C16H17N3/c1-3-12-6-5-7-13(4-2)16(12)19-14-8-9-18-15(10-14)11-17/h5-10H,3-4H2,1-2H3,(H,18,19). The van der Waals surface area contributed by atoms with Crippen molar-refractivity contribution in [3.8, 4) is 6.07 Å². The maximum absolute atomic E-state index is 8.89. The number of hydrogen-bond acceptors (Lipinski definition) is 3. The second-order valence-electron chi connectivity index (χ2n) is 4.32. The summed E-state index contributed by atoms with van der Waals surface area (Å²) in [7, 11) is 0. The van der Waals surface area contributed by atoms with Crippen LogP contribution in [0.1, 0.15) is 30.7 Å². The van der Waals surface area contributed by atoms with Gasteiger partial charge in [0.2, 0.25) is 0 Å². The number of aryl methyl sites for hydroxylation is 2. The highest BCUT2D eigenvalue weighted by molar-refractivity contribution is 5.67. The Kier molecular flexibility index (Phi) is 4.15. The lowest BCUT2D eigenvalue weighted by atomic mass is 10.0. The zero-order chi connectivity index (χ0) is 13.7. The van der Waals surface area contributed by atoms with E-state index in [4.69, 9.17) is 5.26 Å². The van der Waals surface area contributed by atoms with Crippen molar-refractivity contribution in [1.82, 2.24) is 4.98 Å². The molecule has 0 atom stereocenters. The molecule has 1 aromatic heterocycles. The van der Waals surface area contributed by atoms with E-state index in [-0.39, 0.29) is 0 Å². The SMILES string of the molecule is CCc1cccc(CC)c1Nc1ccnc(C#N)c1. The minimum absolute atomic E-state index is 0.428. The maximum atomic E-state index is 8.89. The molecule has 0 spiro atoms. The lowest BCUT2D eigenvalue weighted by Gasteiger charge is -2.15. The van der Waals surface area contributed by atoms with Gasteiger partial charge < -0.3 is 5.32 Å². The Hall–Kier alpha value is -2.34. The Morgan fingerprint density at radius 2 is 1.84 bits per heavy atom. The Labute approximate surface area is 113 Å². The molecule has 0 aliphatic heterocycles. The molecule has 2 rings (SSSR count). The molecule has 0 saturated carbocycles. The molecule has 19 heavy (non-hydrogen) atoms. The summed E-state index contributed by atoms with van der Waals surface area (Å²) < 4.78 is 0. The van der Waals surface area contributed by atoms with Crippen LogP contribution in [-0.4, -0.2) is 4.98 Å². The molecule has 1 heterocycles. The predicted octanol–water partition coefficient (Wildman–Crippen LogP) is 3.82. The van der Waals surface area contributed by atoms with E-state index in [1.807, 2.05) is 6.07 Å². The summed E-state index contributed by atoms with van der Waals surface area (Å²) in [6.07, 6.45) is 3.61. The van der Waals surface area contributed by atoms with Crippen LogP contribution in [0.5, 0.6) is 0 Å². The fraction of sp³-hybridized carbons (Fsp3) is 0.250. The van der Waals surface area contributed by atoms with E-state index in [0.29, 0.717) is 5.69 Å². The lowest BCUT2D eigenvalue weighted by Crippen LogP contribution is -2.00. The molecule has 0 saturated heterocycles. The molecule has 1 N–H and O–H groups in total. The van der Waals surface area contributed by atoms with Crippen molar-refractivity contribution in [2.24, 2.45) is 0 Å². The normalized spacial score (nSPS) is 9.95. The van der Waals surface area contributed by atoms with Crippen LogP contribution in [0.2, 0.25) is 0 Å². The quantitative estimate of drug-likeness (QED) is 0.898. The predicted molar refractivity (Wildman–Crippen MR) is 77.4 cm³/mol. The van der Waals surface area contributed by atoms with Crippen LogP contribution < -0.4 is 5.32 Å². The smallest absolute Gasteiger partial charge is 0.142 e. The summed E-state index contributed by atoms with van der Waals surface area (Å²) in [5.41, 5.74) is 5.06. The number of aromatic nitrogens is 1. The summed E-state index contributed by atoms with van der Waals surface area (Å²) in [5, 5.41) is 12.3. The van der Waals surface area contributed by atoms with E-state index in [9.17, 15) is 0 Å². The van der Waals surface area contributed by atoms with Gasteiger partial charge in [0, 0.05) is 17.6 Å². The van der Waals surface area contributed by atoms with Crippen molar-refractivity contribution >= 4 is 11.4 Å². The van der Waals surface area contributed by atoms with Crippen LogP contribution in [0.3, 0.4) is 0 Å². The van der Waals surface area contributed by atoms with Gasteiger partial charge in [0.1, 0.15) is 11.8 Å². The number of benzene rings is 1. The molecule has 0 bridgehead atoms. The van der Waals surface area contributed by atoms with Crippen molar-refractivity contribution in [2.75, 3.05) is 5.32 Å². The minimum atomic E-state index is 0.428. The van der Waals surface area contributed by atoms with Gasteiger partial charge in [-0.1, -0.05) is 32.0 Å². The van der Waals surface area contributed by atoms with Gasteiger partial charge in [-0.2, -0.15) is 5.26 Å². The number of anilines is 2. The molecular formula is C16H17N3. The van der Waals surface area contributed by atoms with E-state index in [1.165, 1.54) is 11.1 Å². The van der Waals surface area contributed by atoms with E-state index < -0.39 is 0 Å². The highest BCUT2D eigenvalue weighted by atomic mass is 14.9. The number of nitriles is 1. The molecule has 0 aliphatic rings. The maximum Gasteiger partial charge on any atom is 0.142 e. The van der Waals surface area contributed by atoms with Gasteiger partial charge in [-0.15, -0.1) is 0 Å². The molecule has 2 aromatic rings. The van der Waals surface area contributed by atoms with E-state index in [1.54, 1.807) is 12.3 Å². The van der Waals surface area contributed by atoms with Crippen LogP contribution >= 0.6 is 0 Å². The number of nitrogens with one attached hydrogen (secondary N) is 1. The van der Waals surface area contributed by atoms with Crippen LogP contribution in [0.25, 0.3) is 0 Å². The summed E-state index contributed by atoms with van der Waals surface area (Å²) in [6, 6.07) is 12.1. The summed E-state index contributed by atoms with van der Waals surface area (Å²) in [4.78, 5) is 3.98. The molecule has 3 nitrogen and oxygen atoms in total. The van der Waals surface area contributed by atoms with Gasteiger partial charge in [-0.3, -0.25) is 0 Å². The van der Waals surface area contributed by atoms with Gasteiger partial charge in [0.05, 0.1) is 0 Å². The molecule has 0 radical (unpaired) electrons. The Morgan fingerprint density at radius 1 is 1.16 bits per heavy atom. The van der Waals surface area contributed by atoms with Gasteiger partial charge in [-0.05, 0) is 36.1 Å². The van der Waals surface area contributed by atoms with Gasteiger partial charge in [-0.25, -0.2) is 4.98 Å². The molecule has 0 amide bonds. The van der Waals surface area contributed by atoms with Crippen LogP contribution in [0, 0.1) is 11.3 Å². The number of pyridine rings is 1. The molecule has 3 heteroatoms. The zero-order valence-electron chi connectivity index (χ0n) is 11.3. The number of rotatable bonds is 4. The first-order chi connectivity index (χ1) is 9.28. The van der Waals surface area contributed by atoms with Crippen molar-refractivity contribution in [3.63, 3.8) is 0 Å². The van der Waals surface area contributed by atoms with Crippen molar-refractivity contribution in [3.05, 3.63) is 53.3 Å². The Bertz CT molecular complexity index is 589. The molecule has 96 valence electrons. The number of hydrogen-bond donors (Lipinski definition) is 1. The highest BCUT2D eigenvalue weighted by Gasteiger charge is 2.06. The first kappa shape index (κ1) is 13.1. The largest absolute Gasteiger partial charge is 0.355 e. The first-order valence-corrected chi connectivity index (χ1v) is 6.52. The number of para-hydroxylation sites is 1. The monoisotopic (exact) mass is 251 g/mol. The van der Waals surface area contributed by atoms with Crippen molar-refractivity contribution in [1.29, 1.82) is 5.26 Å². The molecule has 0 unspecified atom stereocenters. The van der Waals surface area contributed by atoms with Crippen LogP contribution in [0.4, 0.5) is 11.4 Å². The van der Waals surface area contributed by atoms with Gasteiger partial charge in [0.25, 0.3) is 0 Å². The van der Waals surface area contributed by atoms with Crippen LogP contribution in [0.15, 0.2) is 36.5 Å². The van der Waals surface area contributed by atoms with Crippen LogP contribution in [-0.2, 0) is 12.8 Å². The lowest BCUT2D eigenvalue weighted by molar-refractivity contribution is 1.09. The molecule has 0 fully saturated rings. The first-order valence-electron chi connectivity index (χ1n) is 6.52. The topological polar surface area (TPSA) is 48.7 Å². The number of nitrogens with zero attached hydrogens (tertiary/aromatic N) is 2. The van der Waals surface area contributed by atoms with Crippen molar-refractivity contribution < 1.29 is 0 Å². The third-order valence-corrected chi connectivity index (χ3v) is 3.14. The molecular weight excluding hydrogens is 234 g/mol. The van der Waals surface area contributed by atoms with Gasteiger partial charge in [0.15, 0.2) is 0 Å². The van der Waals surface area contributed by atoms with E-state index >= 15 is 0 Å². The second-order valence-corrected chi connectivity index (χ2v) is 4.32. The summed E-state index contributed by atoms with van der Waals surface area (Å²) in [6.45, 7) is 4.29. The van der Waals surface area contributed by atoms with Crippen molar-refractivity contribution in [2.45, 2.75) is 26.7 Å². The van der Waals surface area contributed by atoms with E-state index in [2.05, 4.69) is 48.4 Å². The third kappa shape index (κ3) is 2.92. The summed E-state index contributed by atoms with van der Waals surface area (Å²) >= 11 is 0. The third-order valence-electron chi connectivity index (χ3n) is 3.14. The fourth-order valence-corrected chi connectivity index (χ4v) is 2.12. The Balaban J connectivity index is 2.39. The average molecular weight is 251 g/mol. The second kappa shape index (κ2) is 6.01. The zero-order valence-corrected chi connectivity index (χ0v) is 11.3. The van der Waals surface area contributed by atoms with E-state index in [0.717, 1.165) is 24.2 Å². The van der Waals surface area contributed by atoms with Gasteiger partial charge >= 0.3 is 0 Å². The molecule has 0 aliphatic carbocycles. The average Bonchev–Trinajstić information content (AvgIpc) is 2.47. The molecule has 1 aromatic carbocycles. The fourth-order valence-electron chi connectivity index (χ4n) is 2.12. The highest BCUT2D eigenvalue weighted by Crippen LogP contribution is 2.26.